The Labute approximate surface area is 146 Å². The Kier molecular flexibility index (Phi) is 6.72. The van der Waals surface area contributed by atoms with E-state index in [1.807, 2.05) is 18.2 Å². The van der Waals surface area contributed by atoms with Gasteiger partial charge in [-0.2, -0.15) is 0 Å². The molecule has 0 aliphatic carbocycles. The number of rotatable bonds is 8. The number of ether oxygens (including phenoxy) is 1. The van der Waals surface area contributed by atoms with Gasteiger partial charge in [-0.05, 0) is 36.5 Å². The SMILES string of the molecule is COC(=O)Cc1ccc2c(c1)CCN2C(=O)CCCCOP(=O)(O)O. The van der Waals surface area contributed by atoms with E-state index < -0.39 is 7.82 Å². The van der Waals surface area contributed by atoms with Crippen LogP contribution in [0.1, 0.15) is 30.4 Å². The largest absolute Gasteiger partial charge is 0.469 e. The third-order valence-corrected chi connectivity index (χ3v) is 4.48. The minimum Gasteiger partial charge on any atom is -0.469 e. The molecule has 0 atom stereocenters. The van der Waals surface area contributed by atoms with Crippen molar-refractivity contribution in [1.29, 1.82) is 0 Å². The molecule has 0 fully saturated rings. The molecule has 138 valence electrons. The van der Waals surface area contributed by atoms with Crippen LogP contribution in [-0.4, -0.2) is 41.9 Å². The van der Waals surface area contributed by atoms with Crippen LogP contribution in [0, 0.1) is 0 Å². The molecular weight excluding hydrogens is 349 g/mol. The van der Waals surface area contributed by atoms with Crippen molar-refractivity contribution in [3.63, 3.8) is 0 Å². The number of esters is 1. The van der Waals surface area contributed by atoms with Crippen molar-refractivity contribution in [2.24, 2.45) is 0 Å². The lowest BCUT2D eigenvalue weighted by atomic mass is 10.1. The van der Waals surface area contributed by atoms with Gasteiger partial charge >= 0.3 is 13.8 Å². The predicted octanol–water partition coefficient (Wildman–Crippen LogP) is 1.57. The quantitative estimate of drug-likeness (QED) is 0.405. The van der Waals surface area contributed by atoms with E-state index in [0.29, 0.717) is 19.4 Å². The number of methoxy groups -OCH3 is 1. The number of phosphoric acid groups is 1. The molecule has 0 bridgehead atoms. The Morgan fingerprint density at radius 1 is 1.28 bits per heavy atom. The third kappa shape index (κ3) is 5.93. The predicted molar refractivity (Wildman–Crippen MR) is 90.1 cm³/mol. The minimum atomic E-state index is -4.44. The van der Waals surface area contributed by atoms with Crippen molar-refractivity contribution >= 4 is 25.4 Å². The number of phosphoric ester groups is 1. The summed E-state index contributed by atoms with van der Waals surface area (Å²) in [5.41, 5.74) is 2.74. The molecule has 25 heavy (non-hydrogen) atoms. The summed E-state index contributed by atoms with van der Waals surface area (Å²) in [5, 5.41) is 0. The molecule has 1 aromatic rings. The molecule has 1 amide bonds. The smallest absolute Gasteiger partial charge is 0.469 e. The van der Waals surface area contributed by atoms with Crippen LogP contribution in [0.2, 0.25) is 0 Å². The van der Waals surface area contributed by atoms with E-state index in [1.54, 1.807) is 4.90 Å². The minimum absolute atomic E-state index is 0.0318. The van der Waals surface area contributed by atoms with E-state index in [2.05, 4.69) is 9.26 Å². The molecule has 0 radical (unpaired) electrons. The summed E-state index contributed by atoms with van der Waals surface area (Å²) in [6.45, 7) is 0.514. The van der Waals surface area contributed by atoms with Gasteiger partial charge in [-0.25, -0.2) is 4.57 Å². The van der Waals surface area contributed by atoms with Crippen LogP contribution >= 0.6 is 7.82 Å². The maximum atomic E-state index is 12.3. The van der Waals surface area contributed by atoms with E-state index in [0.717, 1.165) is 23.2 Å². The number of nitrogens with zero attached hydrogens (tertiary/aromatic N) is 1. The lowest BCUT2D eigenvalue weighted by Crippen LogP contribution is -2.28. The van der Waals surface area contributed by atoms with Crippen LogP contribution in [0.15, 0.2) is 18.2 Å². The number of carbonyl (C=O) groups is 2. The molecule has 2 rings (SSSR count). The number of hydrogen-bond donors (Lipinski definition) is 2. The van der Waals surface area contributed by atoms with Gasteiger partial charge in [0.2, 0.25) is 5.91 Å². The highest BCUT2D eigenvalue weighted by molar-refractivity contribution is 7.46. The summed E-state index contributed by atoms with van der Waals surface area (Å²) >= 11 is 0. The number of unbranched alkanes of at least 4 members (excludes halogenated alkanes) is 1. The Morgan fingerprint density at radius 3 is 2.72 bits per heavy atom. The highest BCUT2D eigenvalue weighted by Crippen LogP contribution is 2.36. The van der Waals surface area contributed by atoms with Crippen molar-refractivity contribution in [3.05, 3.63) is 29.3 Å². The first kappa shape index (κ1) is 19.6. The summed E-state index contributed by atoms with van der Waals surface area (Å²) in [4.78, 5) is 42.6. The fourth-order valence-corrected chi connectivity index (χ4v) is 3.13. The Bertz CT molecular complexity index is 685. The molecule has 1 aliphatic heterocycles. The summed E-state index contributed by atoms with van der Waals surface area (Å²) in [7, 11) is -3.09. The van der Waals surface area contributed by atoms with Crippen molar-refractivity contribution in [2.45, 2.75) is 32.1 Å². The lowest BCUT2D eigenvalue weighted by molar-refractivity contribution is -0.139. The average Bonchev–Trinajstić information content (AvgIpc) is 2.96. The number of fused-ring (bicyclic) bond motifs is 1. The third-order valence-electron chi connectivity index (χ3n) is 3.96. The number of benzene rings is 1. The Morgan fingerprint density at radius 2 is 2.04 bits per heavy atom. The Balaban J connectivity index is 1.86. The van der Waals surface area contributed by atoms with Crippen LogP contribution in [0.5, 0.6) is 0 Å². The van der Waals surface area contributed by atoms with E-state index in [1.165, 1.54) is 7.11 Å². The van der Waals surface area contributed by atoms with Gasteiger partial charge < -0.3 is 19.4 Å². The second-order valence-corrected chi connectivity index (χ2v) is 7.03. The van der Waals surface area contributed by atoms with Gasteiger partial charge in [0.15, 0.2) is 0 Å². The highest BCUT2D eigenvalue weighted by atomic mass is 31.2. The topological polar surface area (TPSA) is 113 Å². The number of anilines is 1. The number of hydrogen-bond acceptors (Lipinski definition) is 5. The van der Waals surface area contributed by atoms with Gasteiger partial charge in [0, 0.05) is 18.7 Å². The molecule has 0 spiro atoms. The van der Waals surface area contributed by atoms with E-state index in [-0.39, 0.29) is 31.3 Å². The fourth-order valence-electron chi connectivity index (χ4n) is 2.76. The number of amides is 1. The summed E-state index contributed by atoms with van der Waals surface area (Å²) in [6, 6.07) is 5.58. The molecule has 0 saturated heterocycles. The molecule has 2 N–H and O–H groups in total. The van der Waals surface area contributed by atoms with Gasteiger partial charge in [-0.15, -0.1) is 0 Å². The molecule has 9 heteroatoms. The number of carbonyl (C=O) groups excluding carboxylic acids is 2. The van der Waals surface area contributed by atoms with Crippen molar-refractivity contribution in [3.8, 4) is 0 Å². The molecule has 1 aliphatic rings. The molecule has 0 unspecified atom stereocenters. The normalized spacial score (nSPS) is 13.6. The van der Waals surface area contributed by atoms with E-state index in [4.69, 9.17) is 9.79 Å². The zero-order chi connectivity index (χ0) is 18.4. The summed E-state index contributed by atoms with van der Waals surface area (Å²) < 4.78 is 19.6. The molecule has 8 nitrogen and oxygen atoms in total. The van der Waals surface area contributed by atoms with Gasteiger partial charge in [0.05, 0.1) is 20.1 Å². The van der Waals surface area contributed by atoms with Crippen molar-refractivity contribution < 1.29 is 33.2 Å². The van der Waals surface area contributed by atoms with Gasteiger partial charge in [0.1, 0.15) is 0 Å². The summed E-state index contributed by atoms with van der Waals surface area (Å²) in [5.74, 6) is -0.334. The monoisotopic (exact) mass is 371 g/mol. The second kappa shape index (κ2) is 8.58. The Hall–Kier alpha value is -1.73. The molecule has 1 aromatic carbocycles. The standard InChI is InChI=1S/C16H22NO7P/c1-23-16(19)11-12-5-6-14-13(10-12)7-8-17(14)15(18)4-2-3-9-24-25(20,21)22/h5-6,10H,2-4,7-9,11H2,1H3,(H2,20,21,22). The maximum Gasteiger partial charge on any atom is 0.469 e. The van der Waals surface area contributed by atoms with Crippen LogP contribution in [-0.2, 0) is 36.3 Å². The van der Waals surface area contributed by atoms with Crippen molar-refractivity contribution in [2.75, 3.05) is 25.2 Å². The average molecular weight is 371 g/mol. The first-order chi connectivity index (χ1) is 11.8. The second-order valence-electron chi connectivity index (χ2n) is 5.79. The van der Waals surface area contributed by atoms with Crippen LogP contribution in [0.4, 0.5) is 5.69 Å². The molecular formula is C16H22NO7P. The lowest BCUT2D eigenvalue weighted by Gasteiger charge is -2.17. The van der Waals surface area contributed by atoms with Crippen LogP contribution in [0.25, 0.3) is 0 Å². The van der Waals surface area contributed by atoms with Gasteiger partial charge in [-0.1, -0.05) is 12.1 Å². The summed E-state index contributed by atoms with van der Waals surface area (Å²) in [6.07, 6.45) is 2.11. The van der Waals surface area contributed by atoms with E-state index >= 15 is 0 Å². The highest BCUT2D eigenvalue weighted by Gasteiger charge is 2.24. The first-order valence-electron chi connectivity index (χ1n) is 7.99. The first-order valence-corrected chi connectivity index (χ1v) is 9.52. The van der Waals surface area contributed by atoms with Crippen LogP contribution < -0.4 is 4.90 Å². The van der Waals surface area contributed by atoms with Gasteiger partial charge in [0.25, 0.3) is 0 Å². The van der Waals surface area contributed by atoms with E-state index in [9.17, 15) is 14.2 Å². The molecule has 1 heterocycles. The van der Waals surface area contributed by atoms with Crippen LogP contribution in [0.3, 0.4) is 0 Å². The molecule has 0 aromatic heterocycles. The zero-order valence-corrected chi connectivity index (χ0v) is 14.9. The molecule has 0 saturated carbocycles. The van der Waals surface area contributed by atoms with Gasteiger partial charge in [-0.3, -0.25) is 14.1 Å². The zero-order valence-electron chi connectivity index (χ0n) is 14.0. The fraction of sp³-hybridized carbons (Fsp3) is 0.500. The van der Waals surface area contributed by atoms with Crippen molar-refractivity contribution in [1.82, 2.24) is 0 Å². The maximum absolute atomic E-state index is 12.3.